The van der Waals surface area contributed by atoms with Crippen molar-refractivity contribution in [1.82, 2.24) is 5.32 Å². The van der Waals surface area contributed by atoms with Crippen molar-refractivity contribution in [2.24, 2.45) is 4.99 Å². The molecule has 2 aliphatic heterocycles. The molecule has 0 spiro atoms. The van der Waals surface area contributed by atoms with Gasteiger partial charge in [-0.25, -0.2) is 8.42 Å². The molecule has 2 aromatic rings. The first kappa shape index (κ1) is 20.3. The van der Waals surface area contributed by atoms with Crippen LogP contribution in [0.15, 0.2) is 47.5 Å². The third-order valence-corrected chi connectivity index (χ3v) is 8.32. The van der Waals surface area contributed by atoms with Gasteiger partial charge < -0.3 is 10.6 Å². The predicted octanol–water partition coefficient (Wildman–Crippen LogP) is 3.26. The van der Waals surface area contributed by atoms with Crippen LogP contribution >= 0.6 is 23.4 Å². The maximum Gasteiger partial charge on any atom is 0.251 e. The topological polar surface area (TPSA) is 87.6 Å². The molecule has 2 aliphatic rings. The molecule has 1 fully saturated rings. The Morgan fingerprint density at radius 3 is 2.69 bits per heavy atom. The molecule has 0 unspecified atom stereocenters. The fourth-order valence-electron chi connectivity index (χ4n) is 3.32. The molecule has 1 amide bonds. The summed E-state index contributed by atoms with van der Waals surface area (Å²) in [6, 6.07) is 12.6. The summed E-state index contributed by atoms with van der Waals surface area (Å²) < 4.78 is 23.4. The fraction of sp³-hybridized carbons (Fsp3) is 0.300. The van der Waals surface area contributed by atoms with E-state index in [9.17, 15) is 13.2 Å². The lowest BCUT2D eigenvalue weighted by Gasteiger charge is -2.12. The summed E-state index contributed by atoms with van der Waals surface area (Å²) in [6.07, 6.45) is 0. The van der Waals surface area contributed by atoms with Crippen LogP contribution in [0.1, 0.15) is 21.5 Å². The van der Waals surface area contributed by atoms with Gasteiger partial charge in [0.05, 0.1) is 17.5 Å². The number of sulfone groups is 1. The zero-order chi connectivity index (χ0) is 20.6. The molecule has 1 saturated heterocycles. The zero-order valence-corrected chi connectivity index (χ0v) is 18.1. The van der Waals surface area contributed by atoms with Crippen LogP contribution in [-0.4, -0.2) is 42.3 Å². The largest absolute Gasteiger partial charge is 0.348 e. The molecule has 0 saturated carbocycles. The number of aliphatic imine (C=N–C) groups is 1. The van der Waals surface area contributed by atoms with Crippen LogP contribution < -0.4 is 10.6 Å². The lowest BCUT2D eigenvalue weighted by Crippen LogP contribution is -2.23. The summed E-state index contributed by atoms with van der Waals surface area (Å²) in [5, 5.41) is 7.51. The summed E-state index contributed by atoms with van der Waals surface area (Å²) in [5.74, 6) is 0.109. The Morgan fingerprint density at radius 2 is 1.97 bits per heavy atom. The van der Waals surface area contributed by atoms with Crippen molar-refractivity contribution in [3.8, 4) is 0 Å². The van der Waals surface area contributed by atoms with Gasteiger partial charge in [-0.2, -0.15) is 0 Å². The van der Waals surface area contributed by atoms with Crippen LogP contribution in [0.4, 0.5) is 5.69 Å². The Hall–Kier alpha value is -2.03. The van der Waals surface area contributed by atoms with E-state index in [4.69, 9.17) is 11.6 Å². The van der Waals surface area contributed by atoms with Gasteiger partial charge in [0.1, 0.15) is 0 Å². The second-order valence-electron chi connectivity index (χ2n) is 7.20. The van der Waals surface area contributed by atoms with Gasteiger partial charge in [0.25, 0.3) is 5.91 Å². The molecule has 0 aromatic heterocycles. The monoisotopic (exact) mass is 449 g/mol. The van der Waals surface area contributed by atoms with Crippen LogP contribution in [-0.2, 0) is 16.4 Å². The minimum atomic E-state index is -2.98. The fourth-order valence-corrected chi connectivity index (χ4v) is 7.11. The number of nitrogens with one attached hydrogen (secondary N) is 2. The van der Waals surface area contributed by atoms with E-state index in [2.05, 4.69) is 15.6 Å². The Labute approximate surface area is 179 Å². The molecule has 2 aromatic carbocycles. The summed E-state index contributed by atoms with van der Waals surface area (Å²) in [4.78, 5) is 17.1. The highest BCUT2D eigenvalue weighted by Crippen LogP contribution is 2.35. The van der Waals surface area contributed by atoms with Gasteiger partial charge in [-0.1, -0.05) is 41.6 Å². The number of halogens is 1. The molecule has 2 heterocycles. The van der Waals surface area contributed by atoms with Crippen molar-refractivity contribution >= 4 is 50.0 Å². The first-order valence-electron chi connectivity index (χ1n) is 9.14. The molecule has 6 nitrogen and oxygen atoms in total. The van der Waals surface area contributed by atoms with E-state index in [0.29, 0.717) is 22.3 Å². The number of carbonyl (C=O) groups excluding carboxylic acids is 1. The van der Waals surface area contributed by atoms with Crippen molar-refractivity contribution in [3.63, 3.8) is 0 Å². The number of benzene rings is 2. The van der Waals surface area contributed by atoms with Crippen molar-refractivity contribution < 1.29 is 13.2 Å². The molecular formula is C20H20ClN3O3S2. The standard InChI is InChI=1S/C20H20ClN3O3S2/c1-12-2-5-14(19(25)22-9-13-3-6-15(21)7-4-13)8-16(12)23-20-24-17-10-29(26,27)11-18(17)28-20/h2-8,17-18H,9-11H2,1H3,(H,22,25)(H,23,24)/t17-,18+/m0/s1. The number of hydrogen-bond acceptors (Lipinski definition) is 6. The quantitative estimate of drug-likeness (QED) is 0.748. The van der Waals surface area contributed by atoms with Crippen LogP contribution in [0.25, 0.3) is 0 Å². The van der Waals surface area contributed by atoms with Crippen LogP contribution in [0.5, 0.6) is 0 Å². The summed E-state index contributed by atoms with van der Waals surface area (Å²) in [7, 11) is -2.98. The molecular weight excluding hydrogens is 430 g/mol. The Bertz CT molecular complexity index is 1080. The number of carbonyl (C=O) groups is 1. The second kappa shape index (κ2) is 8.01. The van der Waals surface area contributed by atoms with Gasteiger partial charge >= 0.3 is 0 Å². The van der Waals surface area contributed by atoms with Gasteiger partial charge in [-0.15, -0.1) is 0 Å². The van der Waals surface area contributed by atoms with E-state index in [-0.39, 0.29) is 28.7 Å². The Morgan fingerprint density at radius 1 is 1.21 bits per heavy atom. The first-order valence-corrected chi connectivity index (χ1v) is 12.2. The van der Waals surface area contributed by atoms with E-state index in [0.717, 1.165) is 16.8 Å². The number of hydrogen-bond donors (Lipinski definition) is 2. The minimum absolute atomic E-state index is 0.0198. The minimum Gasteiger partial charge on any atom is -0.348 e. The highest BCUT2D eigenvalue weighted by atomic mass is 35.5. The average Bonchev–Trinajstić information content (AvgIpc) is 3.15. The molecule has 0 radical (unpaired) electrons. The molecule has 0 aliphatic carbocycles. The Kier molecular flexibility index (Phi) is 5.59. The zero-order valence-electron chi connectivity index (χ0n) is 15.7. The summed E-state index contributed by atoms with van der Waals surface area (Å²) in [6.45, 7) is 2.36. The predicted molar refractivity (Wildman–Crippen MR) is 119 cm³/mol. The molecule has 4 rings (SSSR count). The molecule has 9 heteroatoms. The molecule has 2 N–H and O–H groups in total. The number of amides is 1. The number of rotatable bonds is 4. The number of anilines is 1. The van der Waals surface area contributed by atoms with Crippen LogP contribution in [0, 0.1) is 6.92 Å². The molecule has 0 bridgehead atoms. The summed E-state index contributed by atoms with van der Waals surface area (Å²) >= 11 is 7.34. The first-order chi connectivity index (χ1) is 13.8. The maximum absolute atomic E-state index is 12.5. The number of nitrogens with zero attached hydrogens (tertiary/aromatic N) is 1. The lowest BCUT2D eigenvalue weighted by molar-refractivity contribution is 0.0951. The second-order valence-corrected chi connectivity index (χ2v) is 11.0. The van der Waals surface area contributed by atoms with Gasteiger partial charge in [-0.3, -0.25) is 9.79 Å². The van der Waals surface area contributed by atoms with E-state index in [1.807, 2.05) is 25.1 Å². The van der Waals surface area contributed by atoms with E-state index < -0.39 is 9.84 Å². The number of amidine groups is 1. The average molecular weight is 450 g/mol. The van der Waals surface area contributed by atoms with Crippen LogP contribution in [0.2, 0.25) is 5.02 Å². The maximum atomic E-state index is 12.5. The van der Waals surface area contributed by atoms with Crippen molar-refractivity contribution in [1.29, 1.82) is 0 Å². The smallest absolute Gasteiger partial charge is 0.251 e. The normalized spacial score (nSPS) is 22.1. The highest BCUT2D eigenvalue weighted by Gasteiger charge is 2.42. The Balaban J connectivity index is 1.42. The van der Waals surface area contributed by atoms with E-state index in [1.54, 1.807) is 24.3 Å². The van der Waals surface area contributed by atoms with Gasteiger partial charge in [0.2, 0.25) is 0 Å². The van der Waals surface area contributed by atoms with E-state index >= 15 is 0 Å². The molecule has 2 atom stereocenters. The SMILES string of the molecule is Cc1ccc(C(=O)NCc2ccc(Cl)cc2)cc1NC1=N[C@H]2CS(=O)(=O)C[C@H]2S1. The third-order valence-electron chi connectivity index (χ3n) is 4.93. The van der Waals surface area contributed by atoms with Gasteiger partial charge in [0, 0.05) is 28.1 Å². The van der Waals surface area contributed by atoms with Crippen molar-refractivity contribution in [2.45, 2.75) is 24.8 Å². The number of aryl methyl sites for hydroxylation is 1. The number of fused-ring (bicyclic) bond motifs is 1. The summed E-state index contributed by atoms with van der Waals surface area (Å²) in [5.41, 5.74) is 3.27. The van der Waals surface area contributed by atoms with Gasteiger partial charge in [0.15, 0.2) is 15.0 Å². The van der Waals surface area contributed by atoms with Crippen LogP contribution in [0.3, 0.4) is 0 Å². The highest BCUT2D eigenvalue weighted by molar-refractivity contribution is 8.15. The number of thioether (sulfide) groups is 1. The van der Waals surface area contributed by atoms with Crippen molar-refractivity contribution in [2.75, 3.05) is 16.8 Å². The molecule has 29 heavy (non-hydrogen) atoms. The van der Waals surface area contributed by atoms with E-state index in [1.165, 1.54) is 11.8 Å². The molecule has 152 valence electrons. The third kappa shape index (κ3) is 4.76. The van der Waals surface area contributed by atoms with Gasteiger partial charge in [-0.05, 0) is 42.3 Å². The lowest BCUT2D eigenvalue weighted by atomic mass is 10.1. The van der Waals surface area contributed by atoms with Crippen molar-refractivity contribution in [3.05, 3.63) is 64.2 Å².